The number of nitrogens with two attached hydrogens (primary N) is 1. The number of benzene rings is 1. The molecule has 0 heterocycles. The minimum absolute atomic E-state index is 0.0495. The average Bonchev–Trinajstić information content (AvgIpc) is 2.42. The summed E-state index contributed by atoms with van der Waals surface area (Å²) in [5.74, 6) is -0.181. The molecule has 0 aromatic heterocycles. The summed E-state index contributed by atoms with van der Waals surface area (Å²) in [7, 11) is 0. The van der Waals surface area contributed by atoms with Crippen molar-refractivity contribution in [2.75, 3.05) is 13.1 Å². The number of amides is 2. The summed E-state index contributed by atoms with van der Waals surface area (Å²) in [6.45, 7) is 4.56. The first-order valence-corrected chi connectivity index (χ1v) is 6.35. The Morgan fingerprint density at radius 1 is 1.16 bits per heavy atom. The van der Waals surface area contributed by atoms with Gasteiger partial charge in [-0.1, -0.05) is 44.2 Å². The fraction of sp³-hybridized carbons (Fsp3) is 0.429. The molecular formula is C14H21N3O2. The summed E-state index contributed by atoms with van der Waals surface area (Å²) in [5, 5.41) is 5.25. The van der Waals surface area contributed by atoms with Crippen LogP contribution in [0.1, 0.15) is 25.5 Å². The van der Waals surface area contributed by atoms with Crippen LogP contribution in [0.3, 0.4) is 0 Å². The maximum absolute atomic E-state index is 11.8. The van der Waals surface area contributed by atoms with Crippen LogP contribution in [0, 0.1) is 5.92 Å². The fourth-order valence-corrected chi connectivity index (χ4v) is 1.47. The lowest BCUT2D eigenvalue weighted by molar-refractivity contribution is -0.126. The summed E-state index contributed by atoms with van der Waals surface area (Å²) in [6.07, 6.45) is 0. The van der Waals surface area contributed by atoms with Crippen LogP contribution in [0.4, 0.5) is 0 Å². The Kier molecular flexibility index (Phi) is 6.02. The van der Waals surface area contributed by atoms with Gasteiger partial charge in [-0.25, -0.2) is 0 Å². The van der Waals surface area contributed by atoms with Crippen LogP contribution in [0.5, 0.6) is 0 Å². The molecule has 0 aliphatic carbocycles. The number of carbonyl (C=O) groups excluding carboxylic acids is 2. The largest absolute Gasteiger partial charge is 0.354 e. The number of rotatable bonds is 6. The van der Waals surface area contributed by atoms with Gasteiger partial charge in [-0.15, -0.1) is 0 Å². The normalized spacial score (nSPS) is 12.0. The van der Waals surface area contributed by atoms with E-state index in [2.05, 4.69) is 10.6 Å². The number of hydrogen-bond donors (Lipinski definition) is 3. The minimum Gasteiger partial charge on any atom is -0.354 e. The fourth-order valence-electron chi connectivity index (χ4n) is 1.47. The van der Waals surface area contributed by atoms with Crippen molar-refractivity contribution in [2.45, 2.75) is 19.9 Å². The van der Waals surface area contributed by atoms with Crippen LogP contribution in [0.2, 0.25) is 0 Å². The second-order valence-electron chi connectivity index (χ2n) is 4.80. The van der Waals surface area contributed by atoms with Crippen molar-refractivity contribution >= 4 is 11.8 Å². The third kappa shape index (κ3) is 5.52. The van der Waals surface area contributed by atoms with Gasteiger partial charge in [0.1, 0.15) is 6.04 Å². The molecule has 1 aromatic carbocycles. The van der Waals surface area contributed by atoms with Gasteiger partial charge in [-0.3, -0.25) is 9.59 Å². The van der Waals surface area contributed by atoms with E-state index in [4.69, 9.17) is 5.73 Å². The van der Waals surface area contributed by atoms with Crippen LogP contribution in [-0.4, -0.2) is 24.9 Å². The van der Waals surface area contributed by atoms with E-state index in [9.17, 15) is 9.59 Å². The molecule has 0 saturated carbocycles. The van der Waals surface area contributed by atoms with Crippen LogP contribution in [0.15, 0.2) is 30.3 Å². The van der Waals surface area contributed by atoms with Crippen molar-refractivity contribution in [1.82, 2.24) is 10.6 Å². The second kappa shape index (κ2) is 7.53. The Morgan fingerprint density at radius 2 is 1.79 bits per heavy atom. The summed E-state index contributed by atoms with van der Waals surface area (Å²) in [4.78, 5) is 23.2. The molecule has 5 heteroatoms. The van der Waals surface area contributed by atoms with Crippen LogP contribution in [0.25, 0.3) is 0 Å². The zero-order chi connectivity index (χ0) is 14.3. The highest BCUT2D eigenvalue weighted by molar-refractivity contribution is 5.87. The molecule has 1 atom stereocenters. The first-order valence-electron chi connectivity index (χ1n) is 6.35. The summed E-state index contributed by atoms with van der Waals surface area (Å²) in [5.41, 5.74) is 6.53. The van der Waals surface area contributed by atoms with Gasteiger partial charge in [0.2, 0.25) is 11.8 Å². The van der Waals surface area contributed by atoms with E-state index in [1.165, 1.54) is 0 Å². The van der Waals surface area contributed by atoms with Gasteiger partial charge in [0.15, 0.2) is 0 Å². The predicted molar refractivity (Wildman–Crippen MR) is 74.2 cm³/mol. The summed E-state index contributed by atoms with van der Waals surface area (Å²) >= 11 is 0. The lowest BCUT2D eigenvalue weighted by Gasteiger charge is -2.13. The van der Waals surface area contributed by atoms with Gasteiger partial charge in [-0.05, 0) is 11.5 Å². The van der Waals surface area contributed by atoms with E-state index in [1.807, 2.05) is 32.0 Å². The topological polar surface area (TPSA) is 84.2 Å². The molecule has 0 spiro atoms. The van der Waals surface area contributed by atoms with Gasteiger partial charge >= 0.3 is 0 Å². The molecule has 0 radical (unpaired) electrons. The van der Waals surface area contributed by atoms with Crippen molar-refractivity contribution in [1.29, 1.82) is 0 Å². The first-order chi connectivity index (χ1) is 9.00. The number of carbonyl (C=O) groups is 2. The van der Waals surface area contributed by atoms with Crippen molar-refractivity contribution in [3.05, 3.63) is 35.9 Å². The van der Waals surface area contributed by atoms with Crippen LogP contribution in [-0.2, 0) is 9.59 Å². The zero-order valence-corrected chi connectivity index (χ0v) is 11.3. The van der Waals surface area contributed by atoms with E-state index in [0.717, 1.165) is 5.56 Å². The molecule has 5 nitrogen and oxygen atoms in total. The molecule has 1 rings (SSSR count). The monoisotopic (exact) mass is 263 g/mol. The standard InChI is InChI=1S/C14H21N3O2/c1-10(2)8-16-12(18)9-17-14(19)13(15)11-6-4-3-5-7-11/h3-7,10,13H,8-9,15H2,1-2H3,(H,16,18)(H,17,19). The van der Waals surface area contributed by atoms with E-state index < -0.39 is 6.04 Å². The molecule has 19 heavy (non-hydrogen) atoms. The van der Waals surface area contributed by atoms with Crippen molar-refractivity contribution in [3.8, 4) is 0 Å². The number of hydrogen-bond acceptors (Lipinski definition) is 3. The Hall–Kier alpha value is -1.88. The third-order valence-electron chi connectivity index (χ3n) is 2.57. The highest BCUT2D eigenvalue weighted by atomic mass is 16.2. The Morgan fingerprint density at radius 3 is 2.37 bits per heavy atom. The quantitative estimate of drug-likeness (QED) is 0.701. The SMILES string of the molecule is CC(C)CNC(=O)CNC(=O)C(N)c1ccccc1. The lowest BCUT2D eigenvalue weighted by Crippen LogP contribution is -2.41. The Labute approximate surface area is 113 Å². The predicted octanol–water partition coefficient (Wildman–Crippen LogP) is 0.575. The van der Waals surface area contributed by atoms with E-state index in [-0.39, 0.29) is 18.4 Å². The average molecular weight is 263 g/mol. The zero-order valence-electron chi connectivity index (χ0n) is 11.3. The minimum atomic E-state index is -0.751. The van der Waals surface area contributed by atoms with Gasteiger partial charge < -0.3 is 16.4 Å². The molecule has 0 aliphatic heterocycles. The molecule has 2 amide bonds. The molecular weight excluding hydrogens is 242 g/mol. The lowest BCUT2D eigenvalue weighted by atomic mass is 10.1. The van der Waals surface area contributed by atoms with Gasteiger partial charge in [-0.2, -0.15) is 0 Å². The third-order valence-corrected chi connectivity index (χ3v) is 2.57. The molecule has 104 valence electrons. The van der Waals surface area contributed by atoms with Gasteiger partial charge in [0.05, 0.1) is 6.54 Å². The summed E-state index contributed by atoms with van der Waals surface area (Å²) in [6, 6.07) is 8.30. The van der Waals surface area contributed by atoms with Crippen molar-refractivity contribution < 1.29 is 9.59 Å². The molecule has 0 bridgehead atoms. The summed E-state index contributed by atoms with van der Waals surface area (Å²) < 4.78 is 0. The Balaban J connectivity index is 2.37. The van der Waals surface area contributed by atoms with Crippen molar-refractivity contribution in [3.63, 3.8) is 0 Å². The van der Waals surface area contributed by atoms with E-state index >= 15 is 0 Å². The smallest absolute Gasteiger partial charge is 0.241 e. The molecule has 0 aliphatic rings. The molecule has 1 aromatic rings. The molecule has 0 saturated heterocycles. The first kappa shape index (κ1) is 15.2. The number of nitrogens with one attached hydrogen (secondary N) is 2. The van der Waals surface area contributed by atoms with Crippen LogP contribution < -0.4 is 16.4 Å². The maximum atomic E-state index is 11.8. The Bertz CT molecular complexity index is 418. The molecule has 4 N–H and O–H groups in total. The van der Waals surface area contributed by atoms with Crippen molar-refractivity contribution in [2.24, 2.45) is 11.7 Å². The molecule has 0 fully saturated rings. The van der Waals surface area contributed by atoms with Gasteiger partial charge in [0.25, 0.3) is 0 Å². The van der Waals surface area contributed by atoms with E-state index in [0.29, 0.717) is 12.5 Å². The maximum Gasteiger partial charge on any atom is 0.241 e. The van der Waals surface area contributed by atoms with Crippen LogP contribution >= 0.6 is 0 Å². The van der Waals surface area contributed by atoms with Gasteiger partial charge in [0, 0.05) is 6.54 Å². The second-order valence-corrected chi connectivity index (χ2v) is 4.80. The highest BCUT2D eigenvalue weighted by Gasteiger charge is 2.15. The molecule has 1 unspecified atom stereocenters. The van der Waals surface area contributed by atoms with E-state index in [1.54, 1.807) is 12.1 Å². The highest BCUT2D eigenvalue weighted by Crippen LogP contribution is 2.08.